The van der Waals surface area contributed by atoms with E-state index in [4.69, 9.17) is 16.3 Å². The maximum absolute atomic E-state index is 14.2. The Labute approximate surface area is 171 Å². The van der Waals surface area contributed by atoms with Crippen LogP contribution in [0.3, 0.4) is 0 Å². The van der Waals surface area contributed by atoms with Crippen molar-refractivity contribution < 1.29 is 36.3 Å². The molecule has 0 bridgehead atoms. The zero-order chi connectivity index (χ0) is 22.4. The fourth-order valence-corrected chi connectivity index (χ4v) is 3.06. The highest BCUT2D eigenvalue weighted by atomic mass is 35.5. The number of aryl methyl sites for hydroxylation is 1. The van der Waals surface area contributed by atoms with Crippen molar-refractivity contribution in [3.8, 4) is 0 Å². The van der Waals surface area contributed by atoms with Crippen molar-refractivity contribution in [3.63, 3.8) is 0 Å². The van der Waals surface area contributed by atoms with E-state index in [-0.39, 0.29) is 5.69 Å². The van der Waals surface area contributed by atoms with Crippen molar-refractivity contribution in [2.75, 3.05) is 23.5 Å². The number of hydrogen-bond acceptors (Lipinski definition) is 4. The normalized spacial score (nSPS) is 16.6. The quantitative estimate of drug-likeness (QED) is 0.517. The van der Waals surface area contributed by atoms with Crippen molar-refractivity contribution in [2.24, 2.45) is 0 Å². The lowest BCUT2D eigenvalue weighted by molar-refractivity contribution is -0.137. The number of carbonyl (C=O) groups excluding carboxylic acids is 2. The number of pyridine rings is 1. The monoisotopic (exact) mass is 449 g/mol. The maximum atomic E-state index is 14.2. The van der Waals surface area contributed by atoms with Gasteiger partial charge in [-0.25, -0.2) is 23.5 Å². The number of rotatable bonds is 3. The third-order valence-electron chi connectivity index (χ3n) is 4.38. The van der Waals surface area contributed by atoms with E-state index < -0.39 is 64.6 Å². The summed E-state index contributed by atoms with van der Waals surface area (Å²) in [5.74, 6) is -4.17. The van der Waals surface area contributed by atoms with Crippen molar-refractivity contribution in [1.82, 2.24) is 4.98 Å². The second-order valence-electron chi connectivity index (χ2n) is 6.41. The summed E-state index contributed by atoms with van der Waals surface area (Å²) in [6, 6.07) is 2.01. The van der Waals surface area contributed by atoms with Crippen LogP contribution in [0.25, 0.3) is 0 Å². The maximum Gasteiger partial charge on any atom is 0.416 e. The summed E-state index contributed by atoms with van der Waals surface area (Å²) in [5.41, 5.74) is -1.60. The number of nitrogens with zero attached hydrogens (tertiary/aromatic N) is 3. The van der Waals surface area contributed by atoms with Gasteiger partial charge in [-0.1, -0.05) is 11.6 Å². The van der Waals surface area contributed by atoms with Gasteiger partial charge in [0.05, 0.1) is 16.3 Å². The van der Waals surface area contributed by atoms with Crippen LogP contribution in [0.2, 0.25) is 5.02 Å². The van der Waals surface area contributed by atoms with Crippen LogP contribution in [-0.2, 0) is 15.7 Å². The van der Waals surface area contributed by atoms with Crippen LogP contribution < -0.4 is 9.80 Å². The SMILES string of the molecule is Cc1cc(C(F)(F)F)cc(N2C(=O)OCC2C(=O)N(C)c2ccc(Cl)c(F)c2F)n1. The Morgan fingerprint density at radius 3 is 2.57 bits per heavy atom. The van der Waals surface area contributed by atoms with E-state index in [9.17, 15) is 31.5 Å². The molecule has 1 saturated heterocycles. The summed E-state index contributed by atoms with van der Waals surface area (Å²) in [4.78, 5) is 30.3. The predicted molar refractivity (Wildman–Crippen MR) is 96.4 cm³/mol. The molecule has 160 valence electrons. The van der Waals surface area contributed by atoms with Crippen LogP contribution >= 0.6 is 11.6 Å². The predicted octanol–water partition coefficient (Wildman–Crippen LogP) is 4.33. The number of benzene rings is 1. The van der Waals surface area contributed by atoms with Gasteiger partial charge in [0.1, 0.15) is 12.4 Å². The summed E-state index contributed by atoms with van der Waals surface area (Å²) >= 11 is 5.49. The fraction of sp³-hybridized carbons (Fsp3) is 0.278. The highest BCUT2D eigenvalue weighted by Gasteiger charge is 2.43. The first kappa shape index (κ1) is 21.8. The van der Waals surface area contributed by atoms with Crippen LogP contribution in [0, 0.1) is 18.6 Å². The Kier molecular flexibility index (Phi) is 5.59. The van der Waals surface area contributed by atoms with Crippen molar-refractivity contribution in [2.45, 2.75) is 19.1 Å². The van der Waals surface area contributed by atoms with E-state index >= 15 is 0 Å². The molecule has 2 aromatic rings. The molecule has 1 aromatic carbocycles. The lowest BCUT2D eigenvalue weighted by Crippen LogP contribution is -2.47. The van der Waals surface area contributed by atoms with Gasteiger partial charge >= 0.3 is 12.3 Å². The number of aromatic nitrogens is 1. The molecule has 0 N–H and O–H groups in total. The molecule has 0 aliphatic carbocycles. The summed E-state index contributed by atoms with van der Waals surface area (Å²) in [6.07, 6.45) is -5.82. The first-order valence-electron chi connectivity index (χ1n) is 8.34. The Balaban J connectivity index is 1.98. The van der Waals surface area contributed by atoms with Crippen molar-refractivity contribution >= 4 is 35.1 Å². The molecule has 6 nitrogen and oxygen atoms in total. The van der Waals surface area contributed by atoms with E-state index in [0.29, 0.717) is 11.0 Å². The number of alkyl halides is 3. The fourth-order valence-electron chi connectivity index (χ4n) is 2.91. The Hall–Kier alpha value is -2.95. The average molecular weight is 450 g/mol. The molecule has 1 aliphatic rings. The summed E-state index contributed by atoms with van der Waals surface area (Å²) in [5, 5.41) is -0.498. The number of ether oxygens (including phenoxy) is 1. The van der Waals surface area contributed by atoms with Crippen molar-refractivity contribution in [3.05, 3.63) is 52.2 Å². The van der Waals surface area contributed by atoms with Crippen LogP contribution in [-0.4, -0.2) is 36.7 Å². The average Bonchev–Trinajstić information content (AvgIpc) is 3.05. The van der Waals surface area contributed by atoms with Crippen LogP contribution in [0.1, 0.15) is 11.3 Å². The topological polar surface area (TPSA) is 62.7 Å². The molecule has 2 heterocycles. The molecule has 30 heavy (non-hydrogen) atoms. The van der Waals surface area contributed by atoms with Gasteiger partial charge in [-0.2, -0.15) is 13.2 Å². The zero-order valence-electron chi connectivity index (χ0n) is 15.4. The van der Waals surface area contributed by atoms with Crippen LogP contribution in [0.4, 0.5) is 38.3 Å². The minimum Gasteiger partial charge on any atom is -0.446 e. The summed E-state index contributed by atoms with van der Waals surface area (Å²) in [7, 11) is 1.11. The highest BCUT2D eigenvalue weighted by Crippen LogP contribution is 2.34. The Morgan fingerprint density at radius 1 is 1.27 bits per heavy atom. The van der Waals surface area contributed by atoms with Crippen LogP contribution in [0.15, 0.2) is 24.3 Å². The van der Waals surface area contributed by atoms with Gasteiger partial charge in [-0.05, 0) is 31.2 Å². The van der Waals surface area contributed by atoms with E-state index in [0.717, 1.165) is 30.1 Å². The van der Waals surface area contributed by atoms with Crippen LogP contribution in [0.5, 0.6) is 0 Å². The molecule has 1 fully saturated rings. The molecule has 1 aliphatic heterocycles. The van der Waals surface area contributed by atoms with Gasteiger partial charge in [0.15, 0.2) is 17.7 Å². The van der Waals surface area contributed by atoms with E-state index in [1.165, 1.54) is 6.92 Å². The lowest BCUT2D eigenvalue weighted by Gasteiger charge is -2.26. The first-order valence-corrected chi connectivity index (χ1v) is 8.72. The number of hydrogen-bond donors (Lipinski definition) is 0. The minimum atomic E-state index is -4.72. The van der Waals surface area contributed by atoms with Gasteiger partial charge in [0.2, 0.25) is 0 Å². The lowest BCUT2D eigenvalue weighted by atomic mass is 10.1. The number of anilines is 2. The van der Waals surface area contributed by atoms with Gasteiger partial charge in [-0.3, -0.25) is 4.79 Å². The molecule has 1 atom stereocenters. The molecule has 1 aromatic heterocycles. The largest absolute Gasteiger partial charge is 0.446 e. The second kappa shape index (κ2) is 7.71. The molecule has 2 amide bonds. The smallest absolute Gasteiger partial charge is 0.416 e. The molecule has 0 saturated carbocycles. The Morgan fingerprint density at radius 2 is 1.93 bits per heavy atom. The molecule has 0 radical (unpaired) electrons. The number of amides is 2. The van der Waals surface area contributed by atoms with Gasteiger partial charge < -0.3 is 9.64 Å². The molecular weight excluding hydrogens is 437 g/mol. The van der Waals surface area contributed by atoms with Gasteiger partial charge in [0.25, 0.3) is 5.91 Å². The van der Waals surface area contributed by atoms with Gasteiger partial charge in [0, 0.05) is 12.7 Å². The van der Waals surface area contributed by atoms with Gasteiger partial charge in [-0.15, -0.1) is 0 Å². The number of cyclic esters (lactones) is 1. The van der Waals surface area contributed by atoms with E-state index in [2.05, 4.69) is 4.98 Å². The number of likely N-dealkylation sites (N-methyl/N-ethyl adjacent to an activating group) is 1. The molecular formula is C18H13ClF5N3O3. The first-order chi connectivity index (χ1) is 13.9. The van der Waals surface area contributed by atoms with E-state index in [1.807, 2.05) is 0 Å². The third kappa shape index (κ3) is 3.89. The molecule has 0 spiro atoms. The number of carbonyl (C=O) groups is 2. The highest BCUT2D eigenvalue weighted by molar-refractivity contribution is 6.30. The van der Waals surface area contributed by atoms with E-state index in [1.54, 1.807) is 0 Å². The Bertz CT molecular complexity index is 1030. The summed E-state index contributed by atoms with van der Waals surface area (Å²) < 4.78 is 72.1. The number of halogens is 6. The third-order valence-corrected chi connectivity index (χ3v) is 4.67. The standard InChI is InChI=1S/C18H13ClF5N3O3/c1-8-5-9(18(22,23)24)6-13(25-8)27-12(7-30-17(27)29)16(28)26(2)11-4-3-10(19)14(20)15(11)21/h3-6,12H,7H2,1-2H3. The van der Waals surface area contributed by atoms with Crippen molar-refractivity contribution in [1.29, 1.82) is 0 Å². The zero-order valence-corrected chi connectivity index (χ0v) is 16.2. The molecule has 12 heteroatoms. The summed E-state index contributed by atoms with van der Waals surface area (Å²) in [6.45, 7) is 0.769. The molecule has 3 rings (SSSR count). The molecule has 1 unspecified atom stereocenters. The minimum absolute atomic E-state index is 0.0510. The second-order valence-corrected chi connectivity index (χ2v) is 6.81.